The van der Waals surface area contributed by atoms with Crippen LogP contribution < -0.4 is 4.90 Å². The summed E-state index contributed by atoms with van der Waals surface area (Å²) in [4.78, 5) is 37.0. The molecule has 0 saturated heterocycles. The van der Waals surface area contributed by atoms with Crippen LogP contribution in [0, 0.1) is 0 Å². The highest BCUT2D eigenvalue weighted by Crippen LogP contribution is 2.32. The van der Waals surface area contributed by atoms with Crippen LogP contribution in [-0.2, 0) is 0 Å². The van der Waals surface area contributed by atoms with E-state index in [0.717, 1.165) is 4.90 Å². The predicted octanol–water partition coefficient (Wildman–Crippen LogP) is 2.95. The van der Waals surface area contributed by atoms with Gasteiger partial charge in [-0.05, 0) is 30.3 Å². The zero-order chi connectivity index (χ0) is 15.1. The molecule has 21 heavy (non-hydrogen) atoms. The number of hydrogen-bond donors (Lipinski definition) is 1. The molecule has 0 aliphatic carbocycles. The third-order valence-corrected chi connectivity index (χ3v) is 3.72. The van der Waals surface area contributed by atoms with E-state index in [1.165, 1.54) is 12.1 Å². The molecular formula is C15H8BrNO4. The molecule has 1 heterocycles. The number of imide groups is 1. The Balaban J connectivity index is 2.20. The number of carbonyl (C=O) groups excluding carboxylic acids is 2. The van der Waals surface area contributed by atoms with Gasteiger partial charge in [-0.25, -0.2) is 9.69 Å². The molecule has 0 fully saturated rings. The molecule has 0 radical (unpaired) electrons. The third-order valence-electron chi connectivity index (χ3n) is 3.23. The molecule has 2 amide bonds. The first kappa shape index (κ1) is 13.5. The van der Waals surface area contributed by atoms with Crippen LogP contribution >= 0.6 is 15.9 Å². The van der Waals surface area contributed by atoms with Crippen LogP contribution in [-0.4, -0.2) is 22.9 Å². The second kappa shape index (κ2) is 4.82. The van der Waals surface area contributed by atoms with Gasteiger partial charge < -0.3 is 5.11 Å². The van der Waals surface area contributed by atoms with Gasteiger partial charge in [-0.1, -0.05) is 28.1 Å². The second-order valence-corrected chi connectivity index (χ2v) is 5.37. The van der Waals surface area contributed by atoms with Crippen molar-refractivity contribution in [1.82, 2.24) is 0 Å². The Labute approximate surface area is 127 Å². The van der Waals surface area contributed by atoms with Crippen LogP contribution in [0.4, 0.5) is 5.69 Å². The molecule has 3 rings (SSSR count). The third kappa shape index (κ3) is 2.04. The smallest absolute Gasteiger partial charge is 0.337 e. The van der Waals surface area contributed by atoms with Crippen molar-refractivity contribution < 1.29 is 19.5 Å². The fourth-order valence-corrected chi connectivity index (χ4v) is 2.63. The molecule has 0 saturated carbocycles. The number of carboxylic acid groups (broad SMARTS) is 1. The van der Waals surface area contributed by atoms with Crippen molar-refractivity contribution in [1.29, 1.82) is 0 Å². The molecule has 2 aromatic carbocycles. The highest BCUT2D eigenvalue weighted by molar-refractivity contribution is 9.10. The summed E-state index contributed by atoms with van der Waals surface area (Å²) < 4.78 is 0.582. The molecule has 5 nitrogen and oxygen atoms in total. The first-order valence-electron chi connectivity index (χ1n) is 6.01. The lowest BCUT2D eigenvalue weighted by Crippen LogP contribution is -2.31. The number of carboxylic acids is 1. The highest BCUT2D eigenvalue weighted by Gasteiger charge is 2.38. The number of nitrogens with zero attached hydrogens (tertiary/aromatic N) is 1. The van der Waals surface area contributed by atoms with Gasteiger partial charge >= 0.3 is 5.97 Å². The number of carbonyl (C=O) groups is 3. The lowest BCUT2D eigenvalue weighted by molar-refractivity contribution is 0.0698. The van der Waals surface area contributed by atoms with E-state index >= 15 is 0 Å². The Morgan fingerprint density at radius 1 is 1.00 bits per heavy atom. The van der Waals surface area contributed by atoms with Crippen molar-refractivity contribution in [2.24, 2.45) is 0 Å². The lowest BCUT2D eigenvalue weighted by atomic mass is 10.1. The van der Waals surface area contributed by atoms with Crippen LogP contribution in [0.2, 0.25) is 0 Å². The summed E-state index contributed by atoms with van der Waals surface area (Å²) in [5.74, 6) is -2.23. The Kier molecular flexibility index (Phi) is 3.10. The molecule has 2 aromatic rings. The zero-order valence-electron chi connectivity index (χ0n) is 10.5. The maximum Gasteiger partial charge on any atom is 0.337 e. The summed E-state index contributed by atoms with van der Waals surface area (Å²) in [6.45, 7) is 0. The van der Waals surface area contributed by atoms with E-state index < -0.39 is 17.8 Å². The molecule has 6 heteroatoms. The second-order valence-electron chi connectivity index (χ2n) is 4.46. The van der Waals surface area contributed by atoms with E-state index in [2.05, 4.69) is 15.9 Å². The van der Waals surface area contributed by atoms with E-state index in [0.29, 0.717) is 4.47 Å². The van der Waals surface area contributed by atoms with E-state index in [9.17, 15) is 19.5 Å². The summed E-state index contributed by atoms with van der Waals surface area (Å²) in [6.07, 6.45) is 0. The monoisotopic (exact) mass is 345 g/mol. The van der Waals surface area contributed by atoms with E-state index in [-0.39, 0.29) is 22.4 Å². The Bertz CT molecular complexity index is 765. The van der Waals surface area contributed by atoms with Gasteiger partial charge in [0.25, 0.3) is 11.8 Å². The minimum atomic E-state index is -1.20. The number of aromatic carboxylic acids is 1. The number of fused-ring (bicyclic) bond motifs is 1. The fraction of sp³-hybridized carbons (Fsp3) is 0. The Hall–Kier alpha value is -2.47. The molecule has 104 valence electrons. The van der Waals surface area contributed by atoms with Gasteiger partial charge in [0.15, 0.2) is 0 Å². The van der Waals surface area contributed by atoms with Crippen molar-refractivity contribution in [2.45, 2.75) is 0 Å². The van der Waals surface area contributed by atoms with E-state index in [4.69, 9.17) is 0 Å². The zero-order valence-corrected chi connectivity index (χ0v) is 12.1. The molecule has 0 spiro atoms. The van der Waals surface area contributed by atoms with Gasteiger partial charge in [-0.15, -0.1) is 0 Å². The molecule has 1 aliphatic rings. The Morgan fingerprint density at radius 2 is 1.57 bits per heavy atom. The van der Waals surface area contributed by atoms with Crippen molar-refractivity contribution in [2.75, 3.05) is 4.90 Å². The summed E-state index contributed by atoms with van der Waals surface area (Å²) in [6, 6.07) is 10.8. The number of benzene rings is 2. The molecule has 0 atom stereocenters. The summed E-state index contributed by atoms with van der Waals surface area (Å²) in [5, 5.41) is 9.24. The van der Waals surface area contributed by atoms with Crippen molar-refractivity contribution in [3.63, 3.8) is 0 Å². The standard InChI is InChI=1S/C15H8BrNO4/c16-8-5-6-11(15(20)21)12(7-8)17-13(18)9-3-1-2-4-10(9)14(17)19/h1-7H,(H,20,21). The highest BCUT2D eigenvalue weighted by atomic mass is 79.9. The normalized spacial score (nSPS) is 13.5. The average molecular weight is 346 g/mol. The van der Waals surface area contributed by atoms with Crippen molar-refractivity contribution >= 4 is 39.4 Å². The van der Waals surface area contributed by atoms with Gasteiger partial charge in [0, 0.05) is 4.47 Å². The molecule has 1 N–H and O–H groups in total. The molecular weight excluding hydrogens is 338 g/mol. The minimum absolute atomic E-state index is 0.0584. The van der Waals surface area contributed by atoms with Gasteiger partial charge in [0.05, 0.1) is 22.4 Å². The van der Waals surface area contributed by atoms with Gasteiger partial charge in [-0.2, -0.15) is 0 Å². The van der Waals surface area contributed by atoms with Gasteiger partial charge in [0.1, 0.15) is 0 Å². The molecule has 0 bridgehead atoms. The first-order chi connectivity index (χ1) is 10.0. The molecule has 0 unspecified atom stereocenters. The van der Waals surface area contributed by atoms with Crippen LogP contribution in [0.15, 0.2) is 46.9 Å². The topological polar surface area (TPSA) is 74.7 Å². The first-order valence-corrected chi connectivity index (χ1v) is 6.80. The molecule has 1 aliphatic heterocycles. The fourth-order valence-electron chi connectivity index (χ4n) is 2.28. The summed E-state index contributed by atoms with van der Waals surface area (Å²) in [7, 11) is 0. The van der Waals surface area contributed by atoms with Crippen LogP contribution in [0.5, 0.6) is 0 Å². The quantitative estimate of drug-likeness (QED) is 0.849. The number of hydrogen-bond acceptors (Lipinski definition) is 3. The van der Waals surface area contributed by atoms with E-state index in [1.54, 1.807) is 30.3 Å². The maximum atomic E-state index is 12.4. The number of rotatable bonds is 2. The van der Waals surface area contributed by atoms with Crippen LogP contribution in [0.1, 0.15) is 31.1 Å². The largest absolute Gasteiger partial charge is 0.478 e. The van der Waals surface area contributed by atoms with Crippen molar-refractivity contribution in [3.8, 4) is 0 Å². The minimum Gasteiger partial charge on any atom is -0.478 e. The van der Waals surface area contributed by atoms with Gasteiger partial charge in [0.2, 0.25) is 0 Å². The Morgan fingerprint density at radius 3 is 2.10 bits per heavy atom. The van der Waals surface area contributed by atoms with Crippen LogP contribution in [0.3, 0.4) is 0 Å². The number of halogens is 1. The molecule has 0 aromatic heterocycles. The summed E-state index contributed by atoms with van der Waals surface area (Å²) in [5.41, 5.74) is 0.508. The SMILES string of the molecule is O=C(O)c1ccc(Br)cc1N1C(=O)c2ccccc2C1=O. The lowest BCUT2D eigenvalue weighted by Gasteiger charge is -2.16. The van der Waals surface area contributed by atoms with E-state index in [1.807, 2.05) is 0 Å². The number of amides is 2. The average Bonchev–Trinajstić information content (AvgIpc) is 2.71. The predicted molar refractivity (Wildman–Crippen MR) is 78.7 cm³/mol. The number of anilines is 1. The van der Waals surface area contributed by atoms with Crippen LogP contribution in [0.25, 0.3) is 0 Å². The van der Waals surface area contributed by atoms with Gasteiger partial charge in [-0.3, -0.25) is 9.59 Å². The maximum absolute atomic E-state index is 12.4. The van der Waals surface area contributed by atoms with Crippen molar-refractivity contribution in [3.05, 3.63) is 63.6 Å². The summed E-state index contributed by atoms with van der Waals surface area (Å²) >= 11 is 3.23.